The fraction of sp³-hybridized carbons (Fsp3) is 0.650. The molecule has 0 saturated heterocycles. The number of rotatable bonds is 4. The quantitative estimate of drug-likeness (QED) is 0.834. The molecule has 1 atom stereocenters. The fourth-order valence-corrected chi connectivity index (χ4v) is 4.02. The van der Waals surface area contributed by atoms with E-state index < -0.39 is 0 Å². The van der Waals surface area contributed by atoms with Crippen LogP contribution < -0.4 is 10.6 Å². The lowest BCUT2D eigenvalue weighted by atomic mass is 9.89. The predicted molar refractivity (Wildman–Crippen MR) is 94.7 cm³/mol. The van der Waals surface area contributed by atoms with Gasteiger partial charge in [0.25, 0.3) is 0 Å². The molecule has 3 heteroatoms. The van der Waals surface area contributed by atoms with Crippen molar-refractivity contribution < 1.29 is 4.79 Å². The van der Waals surface area contributed by atoms with Crippen LogP contribution in [0, 0.1) is 0 Å². The molecule has 2 amide bonds. The summed E-state index contributed by atoms with van der Waals surface area (Å²) < 4.78 is 0. The highest BCUT2D eigenvalue weighted by Gasteiger charge is 2.19. The second-order valence-electron chi connectivity index (χ2n) is 7.15. The van der Waals surface area contributed by atoms with Gasteiger partial charge in [-0.1, -0.05) is 44.4 Å². The van der Waals surface area contributed by atoms with Crippen molar-refractivity contribution in [3.8, 4) is 0 Å². The van der Waals surface area contributed by atoms with Gasteiger partial charge in [-0.3, -0.25) is 0 Å². The molecular weight excluding hydrogens is 284 g/mol. The van der Waals surface area contributed by atoms with Crippen molar-refractivity contribution in [3.05, 3.63) is 34.9 Å². The Morgan fingerprint density at radius 2 is 1.83 bits per heavy atom. The molecule has 0 aromatic heterocycles. The van der Waals surface area contributed by atoms with Gasteiger partial charge in [-0.25, -0.2) is 4.79 Å². The summed E-state index contributed by atoms with van der Waals surface area (Å²) in [6.07, 6.45) is 12.0. The Hall–Kier alpha value is -1.51. The van der Waals surface area contributed by atoms with Crippen molar-refractivity contribution in [3.63, 3.8) is 0 Å². The van der Waals surface area contributed by atoms with Gasteiger partial charge >= 0.3 is 6.03 Å². The summed E-state index contributed by atoms with van der Waals surface area (Å²) in [5, 5.41) is 6.35. The minimum Gasteiger partial charge on any atom is -0.335 e. The highest BCUT2D eigenvalue weighted by atomic mass is 16.2. The summed E-state index contributed by atoms with van der Waals surface area (Å²) in [6.45, 7) is 2.14. The number of amides is 2. The van der Waals surface area contributed by atoms with E-state index in [1.807, 2.05) is 0 Å². The van der Waals surface area contributed by atoms with Gasteiger partial charge < -0.3 is 10.6 Å². The smallest absolute Gasteiger partial charge is 0.315 e. The molecule has 1 aromatic carbocycles. The summed E-state index contributed by atoms with van der Waals surface area (Å²) in [4.78, 5) is 12.3. The Balaban J connectivity index is 1.61. The standard InChI is InChI=1S/C20H30N2O/c1-2-19(22-20(23)21-18-10-4-3-5-11-18)17-13-12-15-8-6-7-9-16(15)14-17/h12-14,18-19H,2-11H2,1H3,(H2,21,22,23)/t19-/m0/s1. The van der Waals surface area contributed by atoms with Gasteiger partial charge in [0.1, 0.15) is 0 Å². The van der Waals surface area contributed by atoms with Crippen molar-refractivity contribution >= 4 is 6.03 Å². The first-order valence-electron chi connectivity index (χ1n) is 9.45. The molecule has 1 saturated carbocycles. The Bertz CT molecular complexity index is 534. The first kappa shape index (κ1) is 16.4. The van der Waals surface area contributed by atoms with Gasteiger partial charge in [0.2, 0.25) is 0 Å². The molecule has 23 heavy (non-hydrogen) atoms. The largest absolute Gasteiger partial charge is 0.335 e. The van der Waals surface area contributed by atoms with Crippen molar-refractivity contribution in [2.24, 2.45) is 0 Å². The van der Waals surface area contributed by atoms with Crippen LogP contribution in [0.25, 0.3) is 0 Å². The number of benzene rings is 1. The molecule has 0 spiro atoms. The molecule has 3 rings (SSSR count). The molecule has 2 N–H and O–H groups in total. The van der Waals surface area contributed by atoms with E-state index in [9.17, 15) is 4.79 Å². The van der Waals surface area contributed by atoms with E-state index in [4.69, 9.17) is 0 Å². The second kappa shape index (κ2) is 7.85. The third-order valence-corrected chi connectivity index (χ3v) is 5.43. The molecule has 1 fully saturated rings. The van der Waals surface area contributed by atoms with Gasteiger partial charge in [0.15, 0.2) is 0 Å². The van der Waals surface area contributed by atoms with Crippen LogP contribution in [0.1, 0.15) is 81.0 Å². The van der Waals surface area contributed by atoms with E-state index in [0.717, 1.165) is 19.3 Å². The number of hydrogen-bond donors (Lipinski definition) is 2. The Morgan fingerprint density at radius 3 is 2.57 bits per heavy atom. The van der Waals surface area contributed by atoms with Crippen LogP contribution in [0.2, 0.25) is 0 Å². The fourth-order valence-electron chi connectivity index (χ4n) is 4.02. The number of aryl methyl sites for hydroxylation is 2. The van der Waals surface area contributed by atoms with E-state index in [1.165, 1.54) is 61.6 Å². The first-order chi connectivity index (χ1) is 11.3. The third-order valence-electron chi connectivity index (χ3n) is 5.43. The van der Waals surface area contributed by atoms with Gasteiger partial charge in [-0.2, -0.15) is 0 Å². The summed E-state index contributed by atoms with van der Waals surface area (Å²) in [5.74, 6) is 0. The number of carbonyl (C=O) groups excluding carboxylic acids is 1. The topological polar surface area (TPSA) is 41.1 Å². The van der Waals surface area contributed by atoms with Crippen LogP contribution in [0.15, 0.2) is 18.2 Å². The molecule has 0 unspecified atom stereocenters. The van der Waals surface area contributed by atoms with Crippen molar-refractivity contribution in [1.82, 2.24) is 10.6 Å². The first-order valence-corrected chi connectivity index (χ1v) is 9.45. The average Bonchev–Trinajstić information content (AvgIpc) is 2.60. The zero-order valence-electron chi connectivity index (χ0n) is 14.4. The maximum absolute atomic E-state index is 12.3. The highest BCUT2D eigenvalue weighted by Crippen LogP contribution is 2.26. The molecule has 0 radical (unpaired) electrons. The zero-order chi connectivity index (χ0) is 16.1. The SMILES string of the molecule is CC[C@H](NC(=O)NC1CCCCC1)c1ccc2c(c1)CCCC2. The van der Waals surface area contributed by atoms with Gasteiger partial charge in [-0.05, 0) is 61.6 Å². The number of carbonyl (C=O) groups is 1. The summed E-state index contributed by atoms with van der Waals surface area (Å²) in [6, 6.07) is 7.28. The van der Waals surface area contributed by atoms with Crippen molar-refractivity contribution in [2.75, 3.05) is 0 Å². The zero-order valence-corrected chi connectivity index (χ0v) is 14.4. The van der Waals surface area contributed by atoms with Crippen LogP contribution in [0.4, 0.5) is 4.79 Å². The van der Waals surface area contributed by atoms with Crippen molar-refractivity contribution in [2.45, 2.75) is 83.2 Å². The average molecular weight is 314 g/mol. The molecular formula is C20H30N2O. The number of fused-ring (bicyclic) bond motifs is 1. The lowest BCUT2D eigenvalue weighted by Gasteiger charge is -2.25. The summed E-state index contributed by atoms with van der Waals surface area (Å²) in [5.41, 5.74) is 4.25. The van der Waals surface area contributed by atoms with Crippen LogP contribution >= 0.6 is 0 Å². The molecule has 2 aliphatic carbocycles. The third kappa shape index (κ3) is 4.27. The second-order valence-corrected chi connectivity index (χ2v) is 7.15. The molecule has 0 bridgehead atoms. The minimum absolute atomic E-state index is 0.00136. The van der Waals surface area contributed by atoms with Crippen LogP contribution in [0.5, 0.6) is 0 Å². The van der Waals surface area contributed by atoms with E-state index in [-0.39, 0.29) is 12.1 Å². The molecule has 0 heterocycles. The Morgan fingerprint density at radius 1 is 1.09 bits per heavy atom. The monoisotopic (exact) mass is 314 g/mol. The van der Waals surface area contributed by atoms with E-state index in [1.54, 1.807) is 0 Å². The lowest BCUT2D eigenvalue weighted by molar-refractivity contribution is 0.228. The molecule has 1 aromatic rings. The summed E-state index contributed by atoms with van der Waals surface area (Å²) >= 11 is 0. The van der Waals surface area contributed by atoms with Gasteiger partial charge in [0, 0.05) is 6.04 Å². The van der Waals surface area contributed by atoms with Crippen molar-refractivity contribution in [1.29, 1.82) is 0 Å². The minimum atomic E-state index is 0.00136. The molecule has 0 aliphatic heterocycles. The molecule has 3 nitrogen and oxygen atoms in total. The number of nitrogens with one attached hydrogen (secondary N) is 2. The van der Waals surface area contributed by atoms with Crippen LogP contribution in [-0.4, -0.2) is 12.1 Å². The van der Waals surface area contributed by atoms with E-state index in [2.05, 4.69) is 35.8 Å². The van der Waals surface area contributed by atoms with Crippen LogP contribution in [-0.2, 0) is 12.8 Å². The van der Waals surface area contributed by atoms with E-state index >= 15 is 0 Å². The molecule has 126 valence electrons. The maximum atomic E-state index is 12.3. The lowest BCUT2D eigenvalue weighted by Crippen LogP contribution is -2.44. The summed E-state index contributed by atoms with van der Waals surface area (Å²) in [7, 11) is 0. The number of urea groups is 1. The normalized spacial score (nSPS) is 19.7. The van der Waals surface area contributed by atoms with E-state index in [0.29, 0.717) is 6.04 Å². The Labute approximate surface area is 140 Å². The number of hydrogen-bond acceptors (Lipinski definition) is 1. The molecule has 2 aliphatic rings. The predicted octanol–water partition coefficient (Wildman–Crippen LogP) is 4.65. The van der Waals surface area contributed by atoms with Gasteiger partial charge in [-0.15, -0.1) is 0 Å². The van der Waals surface area contributed by atoms with Crippen LogP contribution in [0.3, 0.4) is 0 Å². The highest BCUT2D eigenvalue weighted by molar-refractivity contribution is 5.74. The van der Waals surface area contributed by atoms with Gasteiger partial charge in [0.05, 0.1) is 6.04 Å². The Kier molecular flexibility index (Phi) is 5.58. The maximum Gasteiger partial charge on any atom is 0.315 e.